The summed E-state index contributed by atoms with van der Waals surface area (Å²) in [6.07, 6.45) is 7.70. The molecule has 0 aliphatic carbocycles. The fourth-order valence-electron chi connectivity index (χ4n) is 2.02. The summed E-state index contributed by atoms with van der Waals surface area (Å²) in [6, 6.07) is 0. The molecule has 0 amide bonds. The van der Waals surface area contributed by atoms with Crippen molar-refractivity contribution >= 4 is 0 Å². The van der Waals surface area contributed by atoms with Crippen LogP contribution in [0.4, 0.5) is 0 Å². The van der Waals surface area contributed by atoms with Crippen LogP contribution >= 0.6 is 0 Å². The number of ether oxygens (including phenoxy) is 1. The molecule has 2 aliphatic rings. The van der Waals surface area contributed by atoms with Crippen molar-refractivity contribution in [3.8, 4) is 0 Å². The molecular formula is C10H17NO. The zero-order chi connectivity index (χ0) is 8.39. The molecule has 2 aliphatic heterocycles. The summed E-state index contributed by atoms with van der Waals surface area (Å²) in [4.78, 5) is 0. The molecule has 2 heterocycles. The van der Waals surface area contributed by atoms with Crippen LogP contribution in [0, 0.1) is 5.92 Å². The smallest absolute Gasteiger partial charge is 0.0806 e. The lowest BCUT2D eigenvalue weighted by molar-refractivity contribution is 0.108. The predicted molar refractivity (Wildman–Crippen MR) is 49.1 cm³/mol. The van der Waals surface area contributed by atoms with Crippen LogP contribution in [0.2, 0.25) is 0 Å². The maximum absolute atomic E-state index is 5.66. The van der Waals surface area contributed by atoms with Crippen LogP contribution in [-0.2, 0) is 4.74 Å². The van der Waals surface area contributed by atoms with Crippen LogP contribution in [-0.4, -0.2) is 25.3 Å². The number of hydrogen-bond donors (Lipinski definition) is 1. The Morgan fingerprint density at radius 2 is 2.42 bits per heavy atom. The van der Waals surface area contributed by atoms with E-state index in [1.807, 2.05) is 0 Å². The van der Waals surface area contributed by atoms with Crippen molar-refractivity contribution in [3.63, 3.8) is 0 Å². The highest BCUT2D eigenvalue weighted by molar-refractivity contribution is 5.11. The lowest BCUT2D eigenvalue weighted by Crippen LogP contribution is -2.28. The molecule has 2 bridgehead atoms. The Morgan fingerprint density at radius 3 is 3.00 bits per heavy atom. The van der Waals surface area contributed by atoms with Gasteiger partial charge in [-0.1, -0.05) is 19.1 Å². The molecular weight excluding hydrogens is 150 g/mol. The van der Waals surface area contributed by atoms with Gasteiger partial charge in [-0.25, -0.2) is 0 Å². The topological polar surface area (TPSA) is 21.3 Å². The van der Waals surface area contributed by atoms with E-state index in [2.05, 4.69) is 24.4 Å². The Morgan fingerprint density at radius 1 is 1.50 bits per heavy atom. The average Bonchev–Trinajstić information content (AvgIpc) is 2.65. The van der Waals surface area contributed by atoms with Gasteiger partial charge in [-0.2, -0.15) is 0 Å². The molecule has 0 aromatic carbocycles. The largest absolute Gasteiger partial charge is 0.367 e. The molecule has 3 atom stereocenters. The van der Waals surface area contributed by atoms with Crippen molar-refractivity contribution in [3.05, 3.63) is 12.2 Å². The number of hydrogen-bond acceptors (Lipinski definition) is 2. The Kier molecular flexibility index (Phi) is 2.47. The van der Waals surface area contributed by atoms with Crippen LogP contribution in [0.1, 0.15) is 19.8 Å². The van der Waals surface area contributed by atoms with Gasteiger partial charge in [0.2, 0.25) is 0 Å². The normalized spacial score (nSPS) is 37.9. The first kappa shape index (κ1) is 8.27. The first-order valence-electron chi connectivity index (χ1n) is 4.94. The van der Waals surface area contributed by atoms with Crippen molar-refractivity contribution in [2.45, 2.75) is 32.0 Å². The van der Waals surface area contributed by atoms with E-state index < -0.39 is 0 Å². The van der Waals surface area contributed by atoms with E-state index in [0.29, 0.717) is 12.2 Å². The van der Waals surface area contributed by atoms with Crippen molar-refractivity contribution in [1.29, 1.82) is 0 Å². The number of nitrogens with one attached hydrogen (secondary N) is 1. The van der Waals surface area contributed by atoms with Crippen LogP contribution in [0.25, 0.3) is 0 Å². The molecule has 1 fully saturated rings. The monoisotopic (exact) mass is 167 g/mol. The van der Waals surface area contributed by atoms with Crippen molar-refractivity contribution in [1.82, 2.24) is 5.32 Å². The van der Waals surface area contributed by atoms with Gasteiger partial charge in [-0.3, -0.25) is 0 Å². The standard InChI is InChI=1S/C10H17NO/c1-2-5-11-7-8-6-9-3-4-10(8)12-9/h3-4,8-11H,2,5-7H2,1H3. The number of fused-ring (bicyclic) bond motifs is 2. The van der Waals surface area contributed by atoms with Crippen LogP contribution in [0.15, 0.2) is 12.2 Å². The average molecular weight is 167 g/mol. The Bertz CT molecular complexity index is 179. The van der Waals surface area contributed by atoms with E-state index in [-0.39, 0.29) is 0 Å². The van der Waals surface area contributed by atoms with E-state index in [1.165, 1.54) is 12.8 Å². The molecule has 68 valence electrons. The number of rotatable bonds is 4. The van der Waals surface area contributed by atoms with Gasteiger partial charge in [0.15, 0.2) is 0 Å². The van der Waals surface area contributed by atoms with E-state index in [4.69, 9.17) is 4.74 Å². The highest BCUT2D eigenvalue weighted by Gasteiger charge is 2.35. The molecule has 1 saturated heterocycles. The summed E-state index contributed by atoms with van der Waals surface area (Å²) in [5.74, 6) is 0.728. The molecule has 12 heavy (non-hydrogen) atoms. The summed E-state index contributed by atoms with van der Waals surface area (Å²) in [6.45, 7) is 4.46. The van der Waals surface area contributed by atoms with E-state index in [0.717, 1.165) is 19.0 Å². The van der Waals surface area contributed by atoms with Gasteiger partial charge in [-0.15, -0.1) is 0 Å². The third-order valence-corrected chi connectivity index (χ3v) is 2.68. The Balaban J connectivity index is 1.73. The molecule has 0 aromatic rings. The second kappa shape index (κ2) is 3.58. The van der Waals surface area contributed by atoms with Crippen molar-refractivity contribution in [2.24, 2.45) is 5.92 Å². The summed E-state index contributed by atoms with van der Waals surface area (Å²) < 4.78 is 5.66. The molecule has 0 saturated carbocycles. The third-order valence-electron chi connectivity index (χ3n) is 2.68. The summed E-state index contributed by atoms with van der Waals surface area (Å²) in [7, 11) is 0. The summed E-state index contributed by atoms with van der Waals surface area (Å²) in [5, 5.41) is 3.45. The van der Waals surface area contributed by atoms with Gasteiger partial charge in [0.25, 0.3) is 0 Å². The second-order valence-corrected chi connectivity index (χ2v) is 3.72. The van der Waals surface area contributed by atoms with Gasteiger partial charge in [0, 0.05) is 12.5 Å². The lowest BCUT2D eigenvalue weighted by atomic mass is 9.94. The van der Waals surface area contributed by atoms with Gasteiger partial charge in [0.1, 0.15) is 0 Å². The molecule has 1 N–H and O–H groups in total. The zero-order valence-corrected chi connectivity index (χ0v) is 7.62. The first-order chi connectivity index (χ1) is 5.90. The minimum absolute atomic E-state index is 0.416. The minimum Gasteiger partial charge on any atom is -0.367 e. The predicted octanol–water partition coefficient (Wildman–Crippen LogP) is 1.33. The molecule has 0 radical (unpaired) electrons. The van der Waals surface area contributed by atoms with Gasteiger partial charge >= 0.3 is 0 Å². The quantitative estimate of drug-likeness (QED) is 0.504. The highest BCUT2D eigenvalue weighted by Crippen LogP contribution is 2.32. The molecule has 2 rings (SSSR count). The Labute approximate surface area is 74.0 Å². The zero-order valence-electron chi connectivity index (χ0n) is 7.62. The molecule has 0 spiro atoms. The fourth-order valence-corrected chi connectivity index (χ4v) is 2.02. The van der Waals surface area contributed by atoms with Gasteiger partial charge in [-0.05, 0) is 19.4 Å². The lowest BCUT2D eigenvalue weighted by Gasteiger charge is -2.15. The summed E-state index contributed by atoms with van der Waals surface area (Å²) in [5.41, 5.74) is 0. The van der Waals surface area contributed by atoms with Crippen molar-refractivity contribution < 1.29 is 4.74 Å². The summed E-state index contributed by atoms with van der Waals surface area (Å²) >= 11 is 0. The van der Waals surface area contributed by atoms with Crippen LogP contribution in [0.5, 0.6) is 0 Å². The Hall–Kier alpha value is -0.340. The molecule has 3 unspecified atom stereocenters. The van der Waals surface area contributed by atoms with Crippen LogP contribution < -0.4 is 5.32 Å². The SMILES string of the molecule is CCCNCC1CC2C=CC1O2. The maximum Gasteiger partial charge on any atom is 0.0806 e. The van der Waals surface area contributed by atoms with E-state index in [9.17, 15) is 0 Å². The van der Waals surface area contributed by atoms with E-state index >= 15 is 0 Å². The van der Waals surface area contributed by atoms with Gasteiger partial charge < -0.3 is 10.1 Å². The third kappa shape index (κ3) is 1.54. The second-order valence-electron chi connectivity index (χ2n) is 3.72. The van der Waals surface area contributed by atoms with Crippen LogP contribution in [0.3, 0.4) is 0 Å². The maximum atomic E-state index is 5.66. The van der Waals surface area contributed by atoms with Gasteiger partial charge in [0.05, 0.1) is 12.2 Å². The highest BCUT2D eigenvalue weighted by atomic mass is 16.5. The molecule has 2 heteroatoms. The van der Waals surface area contributed by atoms with Crippen molar-refractivity contribution in [2.75, 3.05) is 13.1 Å². The molecule has 2 nitrogen and oxygen atoms in total. The molecule has 0 aromatic heterocycles. The fraction of sp³-hybridized carbons (Fsp3) is 0.800. The minimum atomic E-state index is 0.416. The van der Waals surface area contributed by atoms with E-state index in [1.54, 1.807) is 0 Å². The first-order valence-corrected chi connectivity index (χ1v) is 4.94.